The molecule has 2 aromatic rings. The minimum Gasteiger partial charge on any atom is -0.483 e. The van der Waals surface area contributed by atoms with E-state index >= 15 is 0 Å². The Balaban J connectivity index is 1.85. The van der Waals surface area contributed by atoms with Crippen LogP contribution in [0.15, 0.2) is 42.5 Å². The second-order valence-corrected chi connectivity index (χ2v) is 6.13. The van der Waals surface area contributed by atoms with E-state index in [4.69, 9.17) is 9.47 Å². The Kier molecular flexibility index (Phi) is 3.38. The molecule has 110 valence electrons. The average Bonchev–Trinajstić information content (AvgIpc) is 2.74. The van der Waals surface area contributed by atoms with Crippen LogP contribution in [0, 0.1) is 0 Å². The lowest BCUT2D eigenvalue weighted by Crippen LogP contribution is -2.24. The highest BCUT2D eigenvalue weighted by molar-refractivity contribution is 5.51. The molecule has 1 atom stereocenters. The molecule has 3 rings (SSSR count). The fraction of sp³-hybridized carbons (Fsp3) is 0.333. The van der Waals surface area contributed by atoms with Gasteiger partial charge in [0.15, 0.2) is 11.5 Å². The van der Waals surface area contributed by atoms with Gasteiger partial charge < -0.3 is 14.6 Å². The number of hydrogen-bond acceptors (Lipinski definition) is 3. The Bertz CT molecular complexity index is 642. The Hall–Kier alpha value is -2.00. The number of ether oxygens (including phenoxy) is 2. The molecule has 1 N–H and O–H groups in total. The molecule has 0 spiro atoms. The van der Waals surface area contributed by atoms with Gasteiger partial charge in [-0.2, -0.15) is 0 Å². The highest BCUT2D eigenvalue weighted by Crippen LogP contribution is 2.43. The van der Waals surface area contributed by atoms with Gasteiger partial charge >= 0.3 is 0 Å². The van der Waals surface area contributed by atoms with Crippen molar-refractivity contribution >= 4 is 0 Å². The van der Waals surface area contributed by atoms with Gasteiger partial charge in [-0.3, -0.25) is 0 Å². The molecule has 1 unspecified atom stereocenters. The van der Waals surface area contributed by atoms with Crippen molar-refractivity contribution in [1.82, 2.24) is 0 Å². The van der Waals surface area contributed by atoms with Gasteiger partial charge in [0.2, 0.25) is 0 Å². The predicted octanol–water partition coefficient (Wildman–Crippen LogP) is 4.25. The number of aliphatic hydroxyl groups is 1. The van der Waals surface area contributed by atoms with E-state index in [1.54, 1.807) is 6.92 Å². The first-order chi connectivity index (χ1) is 9.94. The van der Waals surface area contributed by atoms with Crippen molar-refractivity contribution in [2.24, 2.45) is 0 Å². The highest BCUT2D eigenvalue weighted by atomic mass is 16.5. The van der Waals surface area contributed by atoms with Crippen LogP contribution in [-0.4, -0.2) is 10.7 Å². The summed E-state index contributed by atoms with van der Waals surface area (Å²) >= 11 is 0. The Morgan fingerprint density at radius 2 is 1.86 bits per heavy atom. The summed E-state index contributed by atoms with van der Waals surface area (Å²) in [4.78, 5) is 0. The van der Waals surface area contributed by atoms with Gasteiger partial charge in [0.05, 0.1) is 6.10 Å². The van der Waals surface area contributed by atoms with Crippen LogP contribution in [0.5, 0.6) is 17.2 Å². The maximum atomic E-state index is 9.53. The molecule has 0 saturated heterocycles. The van der Waals surface area contributed by atoms with Crippen LogP contribution in [0.2, 0.25) is 0 Å². The molecule has 0 amide bonds. The lowest BCUT2D eigenvalue weighted by molar-refractivity contribution is 0.135. The summed E-state index contributed by atoms with van der Waals surface area (Å²) in [5.41, 5.74) is 1.87. The molecule has 0 aromatic heterocycles. The predicted molar refractivity (Wildman–Crippen MR) is 82.0 cm³/mol. The molecular formula is C18H20O3. The second kappa shape index (κ2) is 5.08. The molecule has 21 heavy (non-hydrogen) atoms. The van der Waals surface area contributed by atoms with E-state index in [1.165, 1.54) is 5.56 Å². The molecule has 3 nitrogen and oxygen atoms in total. The number of aliphatic hydroxyl groups excluding tert-OH is 1. The van der Waals surface area contributed by atoms with Crippen molar-refractivity contribution in [2.75, 3.05) is 0 Å². The van der Waals surface area contributed by atoms with Crippen LogP contribution >= 0.6 is 0 Å². The van der Waals surface area contributed by atoms with Gasteiger partial charge in [0.1, 0.15) is 11.4 Å². The standard InChI is InChI=1S/C18H20O3/c1-12(19)13-7-9-15(10-8-13)20-16-6-4-5-14-11-18(2,3)21-17(14)16/h4-10,12,19H,11H2,1-3H3. The fourth-order valence-corrected chi connectivity index (χ4v) is 2.61. The van der Waals surface area contributed by atoms with E-state index in [0.717, 1.165) is 29.2 Å². The molecule has 2 aromatic carbocycles. The normalized spacial score (nSPS) is 17.0. The van der Waals surface area contributed by atoms with Crippen molar-refractivity contribution in [2.45, 2.75) is 38.9 Å². The molecular weight excluding hydrogens is 264 g/mol. The smallest absolute Gasteiger partial charge is 0.169 e. The zero-order chi connectivity index (χ0) is 15.0. The molecule has 0 fully saturated rings. The molecule has 0 radical (unpaired) electrons. The molecule has 0 saturated carbocycles. The SMILES string of the molecule is CC(O)c1ccc(Oc2cccc3c2OC(C)(C)C3)cc1. The highest BCUT2D eigenvalue weighted by Gasteiger charge is 2.32. The third-order valence-electron chi connectivity index (χ3n) is 3.65. The van der Waals surface area contributed by atoms with Crippen LogP contribution in [0.25, 0.3) is 0 Å². The van der Waals surface area contributed by atoms with E-state index in [2.05, 4.69) is 19.9 Å². The Labute approximate surface area is 125 Å². The average molecular weight is 284 g/mol. The largest absolute Gasteiger partial charge is 0.483 e. The van der Waals surface area contributed by atoms with Crippen LogP contribution < -0.4 is 9.47 Å². The van der Waals surface area contributed by atoms with Crippen molar-refractivity contribution < 1.29 is 14.6 Å². The van der Waals surface area contributed by atoms with E-state index in [0.29, 0.717) is 0 Å². The topological polar surface area (TPSA) is 38.7 Å². The third kappa shape index (κ3) is 2.88. The van der Waals surface area contributed by atoms with E-state index in [9.17, 15) is 5.11 Å². The summed E-state index contributed by atoms with van der Waals surface area (Å²) in [5.74, 6) is 2.31. The number of fused-ring (bicyclic) bond motifs is 1. The van der Waals surface area contributed by atoms with E-state index in [-0.39, 0.29) is 5.60 Å². The van der Waals surface area contributed by atoms with Gasteiger partial charge in [0, 0.05) is 12.0 Å². The maximum Gasteiger partial charge on any atom is 0.169 e. The number of hydrogen-bond donors (Lipinski definition) is 1. The summed E-state index contributed by atoms with van der Waals surface area (Å²) in [6.07, 6.45) is 0.421. The van der Waals surface area contributed by atoms with Crippen LogP contribution in [-0.2, 0) is 6.42 Å². The van der Waals surface area contributed by atoms with Crippen molar-refractivity contribution in [1.29, 1.82) is 0 Å². The van der Waals surface area contributed by atoms with Crippen LogP contribution in [0.4, 0.5) is 0 Å². The minimum absolute atomic E-state index is 0.183. The Morgan fingerprint density at radius 1 is 1.14 bits per heavy atom. The van der Waals surface area contributed by atoms with Crippen molar-refractivity contribution in [3.8, 4) is 17.2 Å². The molecule has 3 heteroatoms. The summed E-state index contributed by atoms with van der Waals surface area (Å²) in [6, 6.07) is 13.4. The fourth-order valence-electron chi connectivity index (χ4n) is 2.61. The number of para-hydroxylation sites is 1. The van der Waals surface area contributed by atoms with E-state index in [1.807, 2.05) is 36.4 Å². The quantitative estimate of drug-likeness (QED) is 0.916. The first-order valence-corrected chi connectivity index (χ1v) is 7.21. The monoisotopic (exact) mass is 284 g/mol. The molecule has 1 aliphatic heterocycles. The molecule has 0 aliphatic carbocycles. The summed E-state index contributed by atoms with van der Waals surface area (Å²) < 4.78 is 11.9. The lowest BCUT2D eigenvalue weighted by Gasteiger charge is -2.18. The molecule has 1 aliphatic rings. The van der Waals surface area contributed by atoms with Gasteiger partial charge in [-0.05, 0) is 44.5 Å². The van der Waals surface area contributed by atoms with Gasteiger partial charge in [-0.1, -0.05) is 24.3 Å². The minimum atomic E-state index is -0.468. The first kappa shape index (κ1) is 14.0. The first-order valence-electron chi connectivity index (χ1n) is 7.21. The molecule has 0 bridgehead atoms. The van der Waals surface area contributed by atoms with Gasteiger partial charge in [-0.15, -0.1) is 0 Å². The Morgan fingerprint density at radius 3 is 2.52 bits per heavy atom. The molecule has 1 heterocycles. The second-order valence-electron chi connectivity index (χ2n) is 6.13. The van der Waals surface area contributed by atoms with Gasteiger partial charge in [0.25, 0.3) is 0 Å². The van der Waals surface area contributed by atoms with Crippen LogP contribution in [0.3, 0.4) is 0 Å². The lowest BCUT2D eigenvalue weighted by atomic mass is 10.0. The van der Waals surface area contributed by atoms with Gasteiger partial charge in [-0.25, -0.2) is 0 Å². The van der Waals surface area contributed by atoms with Crippen molar-refractivity contribution in [3.05, 3.63) is 53.6 Å². The van der Waals surface area contributed by atoms with Crippen LogP contribution in [0.1, 0.15) is 38.0 Å². The summed E-state index contributed by atoms with van der Waals surface area (Å²) in [5, 5.41) is 9.53. The van der Waals surface area contributed by atoms with Crippen molar-refractivity contribution in [3.63, 3.8) is 0 Å². The van der Waals surface area contributed by atoms with E-state index < -0.39 is 6.10 Å². The third-order valence-corrected chi connectivity index (χ3v) is 3.65. The zero-order valence-corrected chi connectivity index (χ0v) is 12.6. The summed E-state index contributed by atoms with van der Waals surface area (Å²) in [7, 11) is 0. The maximum absolute atomic E-state index is 9.53. The zero-order valence-electron chi connectivity index (χ0n) is 12.6. The summed E-state index contributed by atoms with van der Waals surface area (Å²) in [6.45, 7) is 5.90. The number of benzene rings is 2. The number of rotatable bonds is 3.